The number of anilines is 1. The highest BCUT2D eigenvalue weighted by Gasteiger charge is 2.07. The van der Waals surface area contributed by atoms with E-state index in [1.807, 2.05) is 6.07 Å². The molecule has 0 aliphatic heterocycles. The van der Waals surface area contributed by atoms with Gasteiger partial charge in [0, 0.05) is 17.1 Å². The van der Waals surface area contributed by atoms with Crippen LogP contribution in [0.15, 0.2) is 24.3 Å². The largest absolute Gasteiger partial charge is 0.326 e. The van der Waals surface area contributed by atoms with Crippen molar-refractivity contribution in [3.63, 3.8) is 0 Å². The molecule has 1 aromatic rings. The molecule has 0 aliphatic rings. The molecule has 78 valence electrons. The lowest BCUT2D eigenvalue weighted by Crippen LogP contribution is -2.14. The van der Waals surface area contributed by atoms with Crippen LogP contribution < -0.4 is 5.32 Å². The lowest BCUT2D eigenvalue weighted by atomic mass is 10.1. The predicted octanol–water partition coefficient (Wildman–Crippen LogP) is 2.83. The Balaban J connectivity index is 2.52. The zero-order valence-corrected chi connectivity index (χ0v) is 9.08. The molecule has 1 unspecified atom stereocenters. The monoisotopic (exact) mass is 222 g/mol. The van der Waals surface area contributed by atoms with Gasteiger partial charge in [-0.3, -0.25) is 4.79 Å². The fourth-order valence-electron chi connectivity index (χ4n) is 1.07. The summed E-state index contributed by atoms with van der Waals surface area (Å²) in [7, 11) is 0. The van der Waals surface area contributed by atoms with Crippen LogP contribution in [-0.2, 0) is 4.79 Å². The minimum absolute atomic E-state index is 0.161. The van der Waals surface area contributed by atoms with Crippen molar-refractivity contribution in [2.24, 2.45) is 5.92 Å². The Morgan fingerprint density at radius 3 is 2.67 bits per heavy atom. The number of benzene rings is 1. The summed E-state index contributed by atoms with van der Waals surface area (Å²) in [4.78, 5) is 11.4. The van der Waals surface area contributed by atoms with Crippen molar-refractivity contribution < 1.29 is 4.79 Å². The van der Waals surface area contributed by atoms with Crippen LogP contribution in [0.2, 0.25) is 5.02 Å². The van der Waals surface area contributed by atoms with Gasteiger partial charge in [0.1, 0.15) is 0 Å². The zero-order chi connectivity index (χ0) is 11.3. The maximum absolute atomic E-state index is 11.4. The van der Waals surface area contributed by atoms with E-state index in [0.29, 0.717) is 10.7 Å². The molecule has 0 fully saturated rings. The summed E-state index contributed by atoms with van der Waals surface area (Å²) in [6.45, 7) is 1.71. The number of nitrogens with zero attached hydrogens (tertiary/aromatic N) is 1. The third-order valence-electron chi connectivity index (χ3n) is 1.84. The first-order valence-electron chi connectivity index (χ1n) is 4.57. The number of carbonyl (C=O) groups is 1. The van der Waals surface area contributed by atoms with Crippen LogP contribution in [0.5, 0.6) is 0 Å². The second-order valence-electron chi connectivity index (χ2n) is 3.29. The molecule has 0 saturated heterocycles. The Morgan fingerprint density at radius 1 is 1.53 bits per heavy atom. The van der Waals surface area contributed by atoms with Crippen LogP contribution in [0, 0.1) is 17.2 Å². The Bertz CT molecular complexity index is 381. The van der Waals surface area contributed by atoms with E-state index in [2.05, 4.69) is 5.32 Å². The van der Waals surface area contributed by atoms with Gasteiger partial charge in [0.2, 0.25) is 5.91 Å². The second kappa shape index (κ2) is 5.38. The molecule has 1 atom stereocenters. The van der Waals surface area contributed by atoms with Crippen LogP contribution in [0.25, 0.3) is 0 Å². The summed E-state index contributed by atoms with van der Waals surface area (Å²) in [5.74, 6) is -0.427. The van der Waals surface area contributed by atoms with Crippen LogP contribution in [0.1, 0.15) is 13.3 Å². The van der Waals surface area contributed by atoms with Crippen LogP contribution in [0.4, 0.5) is 5.69 Å². The maximum atomic E-state index is 11.4. The van der Waals surface area contributed by atoms with E-state index >= 15 is 0 Å². The molecular formula is C11H11ClN2O. The van der Waals surface area contributed by atoms with E-state index < -0.39 is 0 Å². The van der Waals surface area contributed by atoms with Gasteiger partial charge in [-0.15, -0.1) is 0 Å². The molecule has 0 spiro atoms. The highest BCUT2D eigenvalue weighted by atomic mass is 35.5. The number of halogens is 1. The summed E-state index contributed by atoms with van der Waals surface area (Å²) in [5.41, 5.74) is 0.689. The third kappa shape index (κ3) is 4.01. The molecule has 0 aliphatic carbocycles. The summed E-state index contributed by atoms with van der Waals surface area (Å²) in [6, 6.07) is 8.85. The molecule has 0 aromatic heterocycles. The Kier molecular flexibility index (Phi) is 4.14. The third-order valence-corrected chi connectivity index (χ3v) is 2.09. The fraction of sp³-hybridized carbons (Fsp3) is 0.273. The average Bonchev–Trinajstić information content (AvgIpc) is 2.21. The SMILES string of the molecule is CC(C#N)CC(=O)Nc1ccc(Cl)cc1. The summed E-state index contributed by atoms with van der Waals surface area (Å²) < 4.78 is 0. The van der Waals surface area contributed by atoms with Gasteiger partial charge in [-0.1, -0.05) is 11.6 Å². The second-order valence-corrected chi connectivity index (χ2v) is 3.73. The molecule has 1 aromatic carbocycles. The number of carbonyl (C=O) groups excluding carboxylic acids is 1. The van der Waals surface area contributed by atoms with E-state index in [0.717, 1.165) is 0 Å². The van der Waals surface area contributed by atoms with Crippen molar-refractivity contribution in [1.82, 2.24) is 0 Å². The number of nitrogens with one attached hydrogen (secondary N) is 1. The van der Waals surface area contributed by atoms with E-state index in [4.69, 9.17) is 16.9 Å². The Labute approximate surface area is 93.7 Å². The van der Waals surface area contributed by atoms with Gasteiger partial charge in [0.25, 0.3) is 0 Å². The zero-order valence-electron chi connectivity index (χ0n) is 8.33. The average molecular weight is 223 g/mol. The van der Waals surface area contributed by atoms with Gasteiger partial charge >= 0.3 is 0 Å². The smallest absolute Gasteiger partial charge is 0.225 e. The van der Waals surface area contributed by atoms with Gasteiger partial charge in [-0.05, 0) is 31.2 Å². The topological polar surface area (TPSA) is 52.9 Å². The van der Waals surface area contributed by atoms with Gasteiger partial charge in [0.15, 0.2) is 0 Å². The molecule has 1 amide bonds. The normalized spacial score (nSPS) is 11.5. The van der Waals surface area contributed by atoms with E-state index in [-0.39, 0.29) is 18.2 Å². The molecule has 0 radical (unpaired) electrons. The standard InChI is InChI=1S/C11H11ClN2O/c1-8(7-13)6-11(15)14-10-4-2-9(12)3-5-10/h2-5,8H,6H2,1H3,(H,14,15). The van der Waals surface area contributed by atoms with E-state index in [9.17, 15) is 4.79 Å². The summed E-state index contributed by atoms with van der Waals surface area (Å²) in [5, 5.41) is 11.8. The molecule has 0 saturated carbocycles. The van der Waals surface area contributed by atoms with Crippen molar-refractivity contribution in [3.05, 3.63) is 29.3 Å². The minimum Gasteiger partial charge on any atom is -0.326 e. The van der Waals surface area contributed by atoms with Crippen molar-refractivity contribution in [3.8, 4) is 6.07 Å². The molecule has 4 heteroatoms. The Hall–Kier alpha value is -1.53. The first-order chi connectivity index (χ1) is 7.11. The highest BCUT2D eigenvalue weighted by molar-refractivity contribution is 6.30. The van der Waals surface area contributed by atoms with Gasteiger partial charge < -0.3 is 5.32 Å². The maximum Gasteiger partial charge on any atom is 0.225 e. The van der Waals surface area contributed by atoms with Crippen molar-refractivity contribution in [2.75, 3.05) is 5.32 Å². The first kappa shape index (κ1) is 11.5. The summed E-state index contributed by atoms with van der Waals surface area (Å²) >= 11 is 5.70. The van der Waals surface area contributed by atoms with Crippen molar-refractivity contribution >= 4 is 23.2 Å². The van der Waals surface area contributed by atoms with E-state index in [1.54, 1.807) is 31.2 Å². The molecule has 0 bridgehead atoms. The van der Waals surface area contributed by atoms with Crippen LogP contribution in [0.3, 0.4) is 0 Å². The van der Waals surface area contributed by atoms with Gasteiger partial charge in [-0.2, -0.15) is 5.26 Å². The highest BCUT2D eigenvalue weighted by Crippen LogP contribution is 2.14. The first-order valence-corrected chi connectivity index (χ1v) is 4.94. The summed E-state index contributed by atoms with van der Waals surface area (Å²) in [6.07, 6.45) is 0.207. The fourth-order valence-corrected chi connectivity index (χ4v) is 1.19. The number of hydrogen-bond acceptors (Lipinski definition) is 2. The Morgan fingerprint density at radius 2 is 2.13 bits per heavy atom. The van der Waals surface area contributed by atoms with Crippen molar-refractivity contribution in [2.45, 2.75) is 13.3 Å². The minimum atomic E-state index is -0.266. The molecule has 15 heavy (non-hydrogen) atoms. The quantitative estimate of drug-likeness (QED) is 0.855. The number of nitriles is 1. The molecule has 1 rings (SSSR count). The molecule has 1 N–H and O–H groups in total. The number of amides is 1. The molecular weight excluding hydrogens is 212 g/mol. The van der Waals surface area contributed by atoms with Gasteiger partial charge in [-0.25, -0.2) is 0 Å². The lowest BCUT2D eigenvalue weighted by Gasteiger charge is -2.05. The van der Waals surface area contributed by atoms with Gasteiger partial charge in [0.05, 0.1) is 12.0 Å². The van der Waals surface area contributed by atoms with E-state index in [1.165, 1.54) is 0 Å². The molecule has 3 nitrogen and oxygen atoms in total. The lowest BCUT2D eigenvalue weighted by molar-refractivity contribution is -0.116. The van der Waals surface area contributed by atoms with Crippen LogP contribution >= 0.6 is 11.6 Å². The molecule has 0 heterocycles. The van der Waals surface area contributed by atoms with Crippen molar-refractivity contribution in [1.29, 1.82) is 5.26 Å². The van der Waals surface area contributed by atoms with Crippen LogP contribution in [-0.4, -0.2) is 5.91 Å². The number of rotatable bonds is 3. The number of hydrogen-bond donors (Lipinski definition) is 1. The predicted molar refractivity (Wildman–Crippen MR) is 59.5 cm³/mol.